The third kappa shape index (κ3) is 45.5. The Bertz CT molecular complexity index is 866. The first-order valence-electron chi connectivity index (χ1n) is 25.7. The molecular weight excluding hydrogens is 699 g/mol. The lowest BCUT2D eigenvalue weighted by Crippen LogP contribution is -2.45. The first kappa shape index (κ1) is 55.6. The van der Waals surface area contributed by atoms with Crippen LogP contribution in [0.2, 0.25) is 0 Å². The first-order chi connectivity index (χ1) is 28.2. The summed E-state index contributed by atoms with van der Waals surface area (Å²) in [6.07, 6.45) is 65.7. The van der Waals surface area contributed by atoms with E-state index in [-0.39, 0.29) is 12.5 Å². The Morgan fingerprint density at radius 2 is 0.684 bits per heavy atom. The van der Waals surface area contributed by atoms with Crippen molar-refractivity contribution in [1.29, 1.82) is 0 Å². The molecule has 2 atom stereocenters. The second kappa shape index (κ2) is 49.0. The Labute approximate surface area is 357 Å². The molecule has 0 radical (unpaired) electrons. The molecule has 0 heterocycles. The molecule has 0 aromatic rings. The Hall–Kier alpha value is -1.39. The molecule has 0 bridgehead atoms. The fourth-order valence-electron chi connectivity index (χ4n) is 7.90. The third-order valence-electron chi connectivity index (χ3n) is 11.8. The van der Waals surface area contributed by atoms with Crippen LogP contribution in [-0.4, -0.2) is 34.9 Å². The number of hydrogen-bond donors (Lipinski definition) is 3. The molecule has 336 valence electrons. The standard InChI is InChI=1S/C53H101NO3/c1-3-5-7-9-11-13-15-17-19-21-23-25-26-27-29-31-33-35-37-39-41-43-45-47-49-53(57)54-51(50-55)52(56)48-46-44-42-40-38-36-34-32-30-28-24-22-20-18-16-14-12-10-8-6-4-2/h27,29,38,40,46,48,51-52,55-56H,3-26,28,30-37,39,41-45,47,49-50H2,1-2H3,(H,54,57)/b29-27-,40-38+,48-46+. The number of aliphatic hydroxyl groups excluding tert-OH is 2. The maximum Gasteiger partial charge on any atom is 0.220 e. The predicted molar refractivity (Wildman–Crippen MR) is 253 cm³/mol. The quantitative estimate of drug-likeness (QED) is 0.0424. The van der Waals surface area contributed by atoms with E-state index in [4.69, 9.17) is 0 Å². The summed E-state index contributed by atoms with van der Waals surface area (Å²) in [6, 6.07) is -0.640. The van der Waals surface area contributed by atoms with Gasteiger partial charge in [-0.05, 0) is 57.8 Å². The highest BCUT2D eigenvalue weighted by atomic mass is 16.3. The van der Waals surface area contributed by atoms with E-state index in [9.17, 15) is 15.0 Å². The molecule has 3 N–H and O–H groups in total. The van der Waals surface area contributed by atoms with Gasteiger partial charge in [0.25, 0.3) is 0 Å². The molecule has 0 aromatic heterocycles. The largest absolute Gasteiger partial charge is 0.394 e. The van der Waals surface area contributed by atoms with Gasteiger partial charge in [0.15, 0.2) is 0 Å². The number of amides is 1. The Kier molecular flexibility index (Phi) is 47.8. The van der Waals surface area contributed by atoms with Crippen molar-refractivity contribution in [2.75, 3.05) is 6.61 Å². The molecule has 4 nitrogen and oxygen atoms in total. The second-order valence-corrected chi connectivity index (χ2v) is 17.6. The minimum Gasteiger partial charge on any atom is -0.394 e. The molecular formula is C53H101NO3. The molecule has 4 heteroatoms. The van der Waals surface area contributed by atoms with E-state index in [1.54, 1.807) is 6.08 Å². The fraction of sp³-hybridized carbons (Fsp3) is 0.868. The molecule has 57 heavy (non-hydrogen) atoms. The number of rotatable bonds is 47. The normalized spacial score (nSPS) is 13.1. The summed E-state index contributed by atoms with van der Waals surface area (Å²) in [7, 11) is 0. The van der Waals surface area contributed by atoms with Crippen LogP contribution in [0, 0.1) is 0 Å². The fourth-order valence-corrected chi connectivity index (χ4v) is 7.90. The van der Waals surface area contributed by atoms with E-state index in [0.717, 1.165) is 32.1 Å². The summed E-state index contributed by atoms with van der Waals surface area (Å²) in [5, 5.41) is 23.1. The van der Waals surface area contributed by atoms with Gasteiger partial charge in [-0.2, -0.15) is 0 Å². The Balaban J connectivity index is 3.55. The van der Waals surface area contributed by atoms with Crippen molar-refractivity contribution >= 4 is 5.91 Å². The van der Waals surface area contributed by atoms with Gasteiger partial charge >= 0.3 is 0 Å². The van der Waals surface area contributed by atoms with Crippen LogP contribution in [0.25, 0.3) is 0 Å². The highest BCUT2D eigenvalue weighted by Crippen LogP contribution is 2.16. The first-order valence-corrected chi connectivity index (χ1v) is 25.7. The summed E-state index contributed by atoms with van der Waals surface area (Å²) in [4.78, 5) is 12.4. The Morgan fingerprint density at radius 1 is 0.404 bits per heavy atom. The van der Waals surface area contributed by atoms with Crippen molar-refractivity contribution in [2.45, 2.75) is 289 Å². The summed E-state index contributed by atoms with van der Waals surface area (Å²) in [5.41, 5.74) is 0. The van der Waals surface area contributed by atoms with Crippen molar-refractivity contribution in [3.8, 4) is 0 Å². The molecule has 0 aliphatic heterocycles. The molecule has 0 aliphatic carbocycles. The zero-order valence-electron chi connectivity index (χ0n) is 38.6. The average molecular weight is 800 g/mol. The minimum absolute atomic E-state index is 0.0740. The number of carbonyl (C=O) groups excluding carboxylic acids is 1. The van der Waals surface area contributed by atoms with Gasteiger partial charge in [0.1, 0.15) is 0 Å². The van der Waals surface area contributed by atoms with Crippen LogP contribution in [0.1, 0.15) is 277 Å². The highest BCUT2D eigenvalue weighted by molar-refractivity contribution is 5.76. The van der Waals surface area contributed by atoms with Gasteiger partial charge in [0.2, 0.25) is 5.91 Å². The predicted octanol–water partition coefficient (Wildman–Crippen LogP) is 16.5. The monoisotopic (exact) mass is 800 g/mol. The summed E-state index contributed by atoms with van der Waals surface area (Å²) >= 11 is 0. The average Bonchev–Trinajstić information content (AvgIpc) is 3.22. The van der Waals surface area contributed by atoms with Crippen molar-refractivity contribution < 1.29 is 15.0 Å². The van der Waals surface area contributed by atoms with Crippen LogP contribution in [0.3, 0.4) is 0 Å². The van der Waals surface area contributed by atoms with Crippen LogP contribution in [0.4, 0.5) is 0 Å². The molecule has 0 rings (SSSR count). The van der Waals surface area contributed by atoms with Gasteiger partial charge < -0.3 is 15.5 Å². The van der Waals surface area contributed by atoms with Gasteiger partial charge in [0.05, 0.1) is 18.8 Å². The van der Waals surface area contributed by atoms with Crippen molar-refractivity contribution in [1.82, 2.24) is 5.32 Å². The summed E-state index contributed by atoms with van der Waals surface area (Å²) < 4.78 is 0. The molecule has 0 aliphatic rings. The molecule has 0 aromatic carbocycles. The number of aliphatic hydroxyl groups is 2. The smallest absolute Gasteiger partial charge is 0.220 e. The number of allylic oxidation sites excluding steroid dienone is 5. The van der Waals surface area contributed by atoms with Crippen LogP contribution >= 0.6 is 0 Å². The second-order valence-electron chi connectivity index (χ2n) is 17.6. The van der Waals surface area contributed by atoms with E-state index in [2.05, 4.69) is 43.5 Å². The van der Waals surface area contributed by atoms with Crippen LogP contribution < -0.4 is 5.32 Å². The van der Waals surface area contributed by atoms with Crippen molar-refractivity contribution in [3.63, 3.8) is 0 Å². The van der Waals surface area contributed by atoms with E-state index in [1.165, 1.54) is 225 Å². The van der Waals surface area contributed by atoms with Gasteiger partial charge in [-0.15, -0.1) is 0 Å². The van der Waals surface area contributed by atoms with Crippen molar-refractivity contribution in [2.24, 2.45) is 0 Å². The van der Waals surface area contributed by atoms with Gasteiger partial charge in [-0.3, -0.25) is 4.79 Å². The van der Waals surface area contributed by atoms with E-state index < -0.39 is 12.1 Å². The lowest BCUT2D eigenvalue weighted by molar-refractivity contribution is -0.123. The van der Waals surface area contributed by atoms with Gasteiger partial charge in [-0.25, -0.2) is 0 Å². The molecule has 1 amide bonds. The lowest BCUT2D eigenvalue weighted by Gasteiger charge is -2.19. The molecule has 0 fully saturated rings. The lowest BCUT2D eigenvalue weighted by atomic mass is 10.0. The van der Waals surface area contributed by atoms with E-state index in [0.29, 0.717) is 6.42 Å². The van der Waals surface area contributed by atoms with Gasteiger partial charge in [-0.1, -0.05) is 249 Å². The molecule has 0 spiro atoms. The molecule has 0 saturated heterocycles. The minimum atomic E-state index is -0.863. The van der Waals surface area contributed by atoms with Crippen LogP contribution in [-0.2, 0) is 4.79 Å². The zero-order valence-corrected chi connectivity index (χ0v) is 38.6. The number of nitrogens with one attached hydrogen (secondary N) is 1. The maximum atomic E-state index is 12.4. The SMILES string of the molecule is CCCCCCCCCCCCCC/C=C\CCCCCCCCCCC(=O)NC(CO)C(O)/C=C/CC/C=C/CCCCCCCCCCCCCCCCC. The van der Waals surface area contributed by atoms with Crippen LogP contribution in [0.15, 0.2) is 36.5 Å². The van der Waals surface area contributed by atoms with E-state index in [1.807, 2.05) is 6.08 Å². The molecule has 2 unspecified atom stereocenters. The number of unbranched alkanes of at least 4 members (excludes halogenated alkanes) is 36. The number of carbonyl (C=O) groups is 1. The third-order valence-corrected chi connectivity index (χ3v) is 11.8. The Morgan fingerprint density at radius 3 is 1.02 bits per heavy atom. The topological polar surface area (TPSA) is 69.6 Å². The number of hydrogen-bond acceptors (Lipinski definition) is 3. The zero-order chi connectivity index (χ0) is 41.4. The van der Waals surface area contributed by atoms with Crippen molar-refractivity contribution in [3.05, 3.63) is 36.5 Å². The maximum absolute atomic E-state index is 12.4. The molecule has 0 saturated carbocycles. The van der Waals surface area contributed by atoms with Gasteiger partial charge in [0, 0.05) is 6.42 Å². The van der Waals surface area contributed by atoms with Crippen LogP contribution in [0.5, 0.6) is 0 Å². The van der Waals surface area contributed by atoms with E-state index >= 15 is 0 Å². The summed E-state index contributed by atoms with van der Waals surface area (Å²) in [6.45, 7) is 4.32. The highest BCUT2D eigenvalue weighted by Gasteiger charge is 2.17. The summed E-state index contributed by atoms with van der Waals surface area (Å²) in [5.74, 6) is -0.0740.